The Morgan fingerprint density at radius 1 is 1.47 bits per heavy atom. The normalized spacial score (nSPS) is 12.7. The minimum absolute atomic E-state index is 0.157. The molecule has 0 amide bonds. The highest BCUT2D eigenvalue weighted by molar-refractivity contribution is 9.09. The Kier molecular flexibility index (Phi) is 3.57. The summed E-state index contributed by atoms with van der Waals surface area (Å²) >= 11 is 3.49. The average Bonchev–Trinajstić information content (AvgIpc) is 2.80. The summed E-state index contributed by atoms with van der Waals surface area (Å²) in [6.07, 6.45) is 2.66. The number of hydrogen-bond donors (Lipinski definition) is 0. The number of hydrogen-bond acceptors (Lipinski definition) is 2. The molecule has 0 aliphatic rings. The molecule has 1 atom stereocenters. The zero-order valence-electron chi connectivity index (χ0n) is 9.69. The van der Waals surface area contributed by atoms with E-state index in [1.165, 1.54) is 10.7 Å². The van der Waals surface area contributed by atoms with Gasteiger partial charge in [-0.15, -0.1) is 5.10 Å². The van der Waals surface area contributed by atoms with Gasteiger partial charge in [0.05, 0.1) is 16.7 Å². The molecule has 0 N–H and O–H groups in total. The number of benzene rings is 1. The fourth-order valence-corrected chi connectivity index (χ4v) is 1.76. The largest absolute Gasteiger partial charge is 0.217 e. The first-order valence-corrected chi connectivity index (χ1v) is 6.36. The van der Waals surface area contributed by atoms with Gasteiger partial charge in [0, 0.05) is 0 Å². The van der Waals surface area contributed by atoms with Crippen molar-refractivity contribution in [2.45, 2.75) is 25.1 Å². The number of halogens is 2. The first-order valence-electron chi connectivity index (χ1n) is 5.44. The summed E-state index contributed by atoms with van der Waals surface area (Å²) in [7, 11) is 0. The van der Waals surface area contributed by atoms with Crippen LogP contribution in [0.1, 0.15) is 29.4 Å². The monoisotopic (exact) mass is 297 g/mol. The van der Waals surface area contributed by atoms with Crippen molar-refractivity contribution in [1.29, 1.82) is 0 Å². The molecule has 0 aliphatic carbocycles. The summed E-state index contributed by atoms with van der Waals surface area (Å²) in [5.74, 6) is -0.297. The van der Waals surface area contributed by atoms with Gasteiger partial charge in [0.15, 0.2) is 0 Å². The smallest absolute Gasteiger partial charge is 0.148 e. The van der Waals surface area contributed by atoms with E-state index < -0.39 is 0 Å². The molecule has 1 aromatic carbocycles. The van der Waals surface area contributed by atoms with Crippen LogP contribution < -0.4 is 0 Å². The molecule has 0 spiro atoms. The van der Waals surface area contributed by atoms with Gasteiger partial charge < -0.3 is 0 Å². The Bertz CT molecular complexity index is 524. The highest BCUT2D eigenvalue weighted by Gasteiger charge is 2.12. The fourth-order valence-electron chi connectivity index (χ4n) is 1.55. The summed E-state index contributed by atoms with van der Waals surface area (Å²) in [4.78, 5) is 0.157. The number of aromatic nitrogens is 3. The minimum Gasteiger partial charge on any atom is -0.217 e. The molecule has 2 rings (SSSR count). The van der Waals surface area contributed by atoms with Crippen LogP contribution in [0.15, 0.2) is 24.4 Å². The maximum Gasteiger partial charge on any atom is 0.148 e. The zero-order chi connectivity index (χ0) is 12.4. The molecular weight excluding hydrogens is 285 g/mol. The lowest BCUT2D eigenvalue weighted by Crippen LogP contribution is -1.99. The van der Waals surface area contributed by atoms with E-state index in [1.54, 1.807) is 18.3 Å². The van der Waals surface area contributed by atoms with Crippen molar-refractivity contribution < 1.29 is 4.39 Å². The van der Waals surface area contributed by atoms with E-state index in [2.05, 4.69) is 26.2 Å². The lowest BCUT2D eigenvalue weighted by molar-refractivity contribution is 0.606. The topological polar surface area (TPSA) is 30.7 Å². The third kappa shape index (κ3) is 2.54. The molecule has 17 heavy (non-hydrogen) atoms. The molecule has 5 heteroatoms. The van der Waals surface area contributed by atoms with Crippen molar-refractivity contribution in [1.82, 2.24) is 15.0 Å². The molecule has 0 saturated heterocycles. The first kappa shape index (κ1) is 12.2. The fraction of sp³-hybridized carbons (Fsp3) is 0.333. The summed E-state index contributed by atoms with van der Waals surface area (Å²) in [6.45, 7) is 3.96. The van der Waals surface area contributed by atoms with Gasteiger partial charge >= 0.3 is 0 Å². The van der Waals surface area contributed by atoms with E-state index in [4.69, 9.17) is 0 Å². The SMILES string of the molecule is CCC(Br)c1cn(-c2cc(C)ccc2F)nn1. The molecule has 1 heterocycles. The van der Waals surface area contributed by atoms with Crippen molar-refractivity contribution in [2.24, 2.45) is 0 Å². The summed E-state index contributed by atoms with van der Waals surface area (Å²) in [5, 5.41) is 7.99. The Hall–Kier alpha value is -1.23. The molecule has 3 nitrogen and oxygen atoms in total. The van der Waals surface area contributed by atoms with Crippen molar-refractivity contribution in [3.05, 3.63) is 41.5 Å². The van der Waals surface area contributed by atoms with Crippen LogP contribution in [0.4, 0.5) is 4.39 Å². The van der Waals surface area contributed by atoms with E-state index in [0.717, 1.165) is 17.7 Å². The van der Waals surface area contributed by atoms with Crippen molar-refractivity contribution >= 4 is 15.9 Å². The first-order chi connectivity index (χ1) is 8.11. The van der Waals surface area contributed by atoms with E-state index in [1.807, 2.05) is 13.8 Å². The van der Waals surface area contributed by atoms with Crippen LogP contribution in [0.25, 0.3) is 5.69 Å². The van der Waals surface area contributed by atoms with Gasteiger partial charge in [-0.25, -0.2) is 9.07 Å². The molecule has 0 saturated carbocycles. The average molecular weight is 298 g/mol. The third-order valence-electron chi connectivity index (χ3n) is 2.54. The van der Waals surface area contributed by atoms with Gasteiger partial charge in [-0.05, 0) is 31.0 Å². The van der Waals surface area contributed by atoms with Crippen molar-refractivity contribution in [2.75, 3.05) is 0 Å². The molecule has 1 aromatic heterocycles. The summed E-state index contributed by atoms with van der Waals surface area (Å²) < 4.78 is 15.1. The highest BCUT2D eigenvalue weighted by Crippen LogP contribution is 2.24. The second kappa shape index (κ2) is 4.96. The molecule has 90 valence electrons. The summed E-state index contributed by atoms with van der Waals surface area (Å²) in [6, 6.07) is 4.93. The number of alkyl halides is 1. The molecule has 0 fully saturated rings. The van der Waals surface area contributed by atoms with Crippen LogP contribution in [0.5, 0.6) is 0 Å². The standard InChI is InChI=1S/C12H13BrFN3/c1-3-9(13)11-7-17(16-15-11)12-6-8(2)4-5-10(12)14/h4-7,9H,3H2,1-2H3. The lowest BCUT2D eigenvalue weighted by atomic mass is 10.2. The van der Waals surface area contributed by atoms with Gasteiger partial charge in [-0.2, -0.15) is 0 Å². The van der Waals surface area contributed by atoms with Crippen molar-refractivity contribution in [3.63, 3.8) is 0 Å². The van der Waals surface area contributed by atoms with Crippen LogP contribution in [0, 0.1) is 12.7 Å². The second-order valence-electron chi connectivity index (χ2n) is 3.92. The predicted octanol–water partition coefficient (Wildman–Crippen LogP) is 3.56. The Morgan fingerprint density at radius 3 is 2.94 bits per heavy atom. The number of rotatable bonds is 3. The van der Waals surface area contributed by atoms with Crippen LogP contribution in [-0.4, -0.2) is 15.0 Å². The van der Waals surface area contributed by atoms with E-state index in [9.17, 15) is 4.39 Å². The van der Waals surface area contributed by atoms with Gasteiger partial charge in [-0.1, -0.05) is 34.1 Å². The van der Waals surface area contributed by atoms with Gasteiger partial charge in [-0.3, -0.25) is 0 Å². The maximum absolute atomic E-state index is 13.6. The molecule has 0 bridgehead atoms. The second-order valence-corrected chi connectivity index (χ2v) is 5.02. The Morgan fingerprint density at radius 2 is 2.24 bits per heavy atom. The Labute approximate surface area is 108 Å². The number of aryl methyl sites for hydroxylation is 1. The summed E-state index contributed by atoms with van der Waals surface area (Å²) in [5.41, 5.74) is 2.23. The van der Waals surface area contributed by atoms with Gasteiger partial charge in [0.1, 0.15) is 11.5 Å². The highest BCUT2D eigenvalue weighted by atomic mass is 79.9. The van der Waals surface area contributed by atoms with Gasteiger partial charge in [0.25, 0.3) is 0 Å². The minimum atomic E-state index is -0.297. The molecular formula is C12H13BrFN3. The van der Waals surface area contributed by atoms with Crippen LogP contribution >= 0.6 is 15.9 Å². The van der Waals surface area contributed by atoms with Crippen LogP contribution in [0.2, 0.25) is 0 Å². The maximum atomic E-state index is 13.6. The quantitative estimate of drug-likeness (QED) is 0.811. The molecule has 0 radical (unpaired) electrons. The van der Waals surface area contributed by atoms with Gasteiger partial charge in [0.2, 0.25) is 0 Å². The molecule has 0 aliphatic heterocycles. The van der Waals surface area contributed by atoms with E-state index in [-0.39, 0.29) is 10.6 Å². The number of nitrogens with zero attached hydrogens (tertiary/aromatic N) is 3. The van der Waals surface area contributed by atoms with E-state index >= 15 is 0 Å². The van der Waals surface area contributed by atoms with Crippen LogP contribution in [0.3, 0.4) is 0 Å². The Balaban J connectivity index is 2.40. The van der Waals surface area contributed by atoms with Crippen LogP contribution in [-0.2, 0) is 0 Å². The lowest BCUT2D eigenvalue weighted by Gasteiger charge is -2.03. The van der Waals surface area contributed by atoms with E-state index in [0.29, 0.717) is 5.69 Å². The molecule has 1 unspecified atom stereocenters. The predicted molar refractivity (Wildman–Crippen MR) is 68.0 cm³/mol. The zero-order valence-corrected chi connectivity index (χ0v) is 11.3. The third-order valence-corrected chi connectivity index (χ3v) is 3.66. The van der Waals surface area contributed by atoms with Crippen molar-refractivity contribution in [3.8, 4) is 5.69 Å². The molecule has 2 aromatic rings.